The Kier molecular flexibility index (Phi) is 3.00. The van der Waals surface area contributed by atoms with Crippen LogP contribution in [0.4, 0.5) is 0 Å². The van der Waals surface area contributed by atoms with E-state index in [0.717, 1.165) is 24.1 Å². The van der Waals surface area contributed by atoms with Crippen molar-refractivity contribution in [1.82, 2.24) is 5.32 Å². The van der Waals surface area contributed by atoms with E-state index in [1.807, 2.05) is 12.1 Å². The zero-order chi connectivity index (χ0) is 14.4. The zero-order valence-electron chi connectivity index (χ0n) is 12.6. The van der Waals surface area contributed by atoms with Crippen LogP contribution in [0.15, 0.2) is 42.5 Å². The minimum atomic E-state index is 0.539. The zero-order valence-corrected chi connectivity index (χ0v) is 12.6. The second-order valence-electron chi connectivity index (χ2n) is 6.26. The van der Waals surface area contributed by atoms with Crippen molar-refractivity contribution in [3.05, 3.63) is 53.6 Å². The van der Waals surface area contributed by atoms with Crippen molar-refractivity contribution < 1.29 is 4.74 Å². The van der Waals surface area contributed by atoms with Crippen LogP contribution in [0.3, 0.4) is 0 Å². The van der Waals surface area contributed by atoms with Crippen molar-refractivity contribution in [2.45, 2.75) is 25.3 Å². The number of ether oxygens (including phenoxy) is 1. The number of benzene rings is 2. The number of nitrogens with one attached hydrogen (secondary N) is 1. The summed E-state index contributed by atoms with van der Waals surface area (Å²) in [7, 11) is 1.71. The maximum atomic E-state index is 5.24. The summed E-state index contributed by atoms with van der Waals surface area (Å²) in [6.45, 7) is 3.53. The van der Waals surface area contributed by atoms with Crippen LogP contribution in [-0.4, -0.2) is 13.7 Å². The lowest BCUT2D eigenvalue weighted by atomic mass is 9.87. The van der Waals surface area contributed by atoms with Crippen molar-refractivity contribution in [3.63, 3.8) is 0 Å². The van der Waals surface area contributed by atoms with Gasteiger partial charge in [-0.1, -0.05) is 31.2 Å². The van der Waals surface area contributed by atoms with E-state index in [2.05, 4.69) is 42.6 Å². The Balaban J connectivity index is 1.75. The highest BCUT2D eigenvalue weighted by atomic mass is 16.5. The summed E-state index contributed by atoms with van der Waals surface area (Å²) < 4.78 is 5.24. The first-order valence-corrected chi connectivity index (χ1v) is 7.79. The fraction of sp³-hybridized carbons (Fsp3) is 0.368. The molecule has 2 heteroatoms. The molecule has 0 spiro atoms. The van der Waals surface area contributed by atoms with E-state index >= 15 is 0 Å². The van der Waals surface area contributed by atoms with Gasteiger partial charge in [-0.2, -0.15) is 0 Å². The van der Waals surface area contributed by atoms with Gasteiger partial charge in [-0.05, 0) is 65.3 Å². The van der Waals surface area contributed by atoms with Gasteiger partial charge in [-0.25, -0.2) is 0 Å². The molecule has 1 heterocycles. The molecule has 0 aromatic heterocycles. The van der Waals surface area contributed by atoms with Crippen LogP contribution >= 0.6 is 0 Å². The summed E-state index contributed by atoms with van der Waals surface area (Å²) in [4.78, 5) is 0. The second kappa shape index (κ2) is 4.88. The molecule has 108 valence electrons. The highest BCUT2D eigenvalue weighted by Crippen LogP contribution is 2.49. The molecular formula is C19H21NO. The molecular weight excluding hydrogens is 258 g/mol. The average molecular weight is 279 g/mol. The number of methoxy groups -OCH3 is 1. The highest BCUT2D eigenvalue weighted by molar-refractivity contribution is 5.67. The third-order valence-corrected chi connectivity index (χ3v) is 5.22. The molecule has 3 atom stereocenters. The summed E-state index contributed by atoms with van der Waals surface area (Å²) in [5.74, 6) is 2.38. The first-order chi connectivity index (χ1) is 10.3. The Morgan fingerprint density at radius 2 is 1.76 bits per heavy atom. The molecule has 1 fully saturated rings. The Morgan fingerprint density at radius 3 is 2.52 bits per heavy atom. The molecule has 0 amide bonds. The van der Waals surface area contributed by atoms with Crippen molar-refractivity contribution in [3.8, 4) is 16.9 Å². The normalized spacial score (nSPS) is 26.5. The fourth-order valence-corrected chi connectivity index (χ4v) is 4.05. The smallest absolute Gasteiger partial charge is 0.118 e. The highest BCUT2D eigenvalue weighted by Gasteiger charge is 2.40. The van der Waals surface area contributed by atoms with Gasteiger partial charge in [0.1, 0.15) is 5.75 Å². The monoisotopic (exact) mass is 279 g/mol. The lowest BCUT2D eigenvalue weighted by molar-refractivity contribution is 0.300. The summed E-state index contributed by atoms with van der Waals surface area (Å²) >= 11 is 0. The first kappa shape index (κ1) is 12.9. The molecule has 2 unspecified atom stereocenters. The Morgan fingerprint density at radius 1 is 1.00 bits per heavy atom. The van der Waals surface area contributed by atoms with Gasteiger partial charge in [0.15, 0.2) is 0 Å². The van der Waals surface area contributed by atoms with Crippen molar-refractivity contribution >= 4 is 0 Å². The molecule has 0 radical (unpaired) electrons. The Bertz CT molecular complexity index is 662. The lowest BCUT2D eigenvalue weighted by Crippen LogP contribution is -2.31. The molecule has 1 aliphatic carbocycles. The molecule has 21 heavy (non-hydrogen) atoms. The lowest BCUT2D eigenvalue weighted by Gasteiger charge is -2.28. The van der Waals surface area contributed by atoms with Gasteiger partial charge in [0, 0.05) is 6.04 Å². The third kappa shape index (κ3) is 1.97. The van der Waals surface area contributed by atoms with Crippen molar-refractivity contribution in [2.24, 2.45) is 5.92 Å². The third-order valence-electron chi connectivity index (χ3n) is 5.22. The standard InChI is InChI=1S/C19H21NO/c1-12-16-9-10-20-19(12)18-11-14(5-8-17(16)18)13-3-6-15(21-2)7-4-13/h3-8,11-12,16,19-20H,9-10H2,1-2H3/t12-,16?,19?/m0/s1. The van der Waals surface area contributed by atoms with Gasteiger partial charge < -0.3 is 10.1 Å². The van der Waals surface area contributed by atoms with Gasteiger partial charge >= 0.3 is 0 Å². The van der Waals surface area contributed by atoms with Crippen LogP contribution in [-0.2, 0) is 0 Å². The van der Waals surface area contributed by atoms with E-state index in [9.17, 15) is 0 Å². The number of hydrogen-bond acceptors (Lipinski definition) is 2. The van der Waals surface area contributed by atoms with Gasteiger partial charge in [0.2, 0.25) is 0 Å². The van der Waals surface area contributed by atoms with Crippen LogP contribution < -0.4 is 10.1 Å². The van der Waals surface area contributed by atoms with Crippen LogP contribution in [0.1, 0.15) is 36.4 Å². The van der Waals surface area contributed by atoms with Gasteiger partial charge in [-0.3, -0.25) is 0 Å². The molecule has 1 saturated heterocycles. The quantitative estimate of drug-likeness (QED) is 0.892. The molecule has 2 aromatic rings. The van der Waals surface area contributed by atoms with E-state index in [0.29, 0.717) is 6.04 Å². The van der Waals surface area contributed by atoms with Crippen LogP contribution in [0, 0.1) is 5.92 Å². The topological polar surface area (TPSA) is 21.3 Å². The molecule has 2 aromatic carbocycles. The summed E-state index contributed by atoms with van der Waals surface area (Å²) in [5.41, 5.74) is 5.64. The van der Waals surface area contributed by atoms with E-state index in [1.54, 1.807) is 12.7 Å². The molecule has 2 aliphatic rings. The maximum absolute atomic E-state index is 5.24. The Hall–Kier alpha value is -1.80. The average Bonchev–Trinajstić information content (AvgIpc) is 2.70. The predicted octanol–water partition coefficient (Wildman–Crippen LogP) is 4.13. The number of piperidine rings is 1. The summed E-state index contributed by atoms with van der Waals surface area (Å²) in [6, 6.07) is 15.9. The van der Waals surface area contributed by atoms with Gasteiger partial charge in [0.05, 0.1) is 7.11 Å². The van der Waals surface area contributed by atoms with Crippen LogP contribution in [0.5, 0.6) is 5.75 Å². The van der Waals surface area contributed by atoms with E-state index in [-0.39, 0.29) is 0 Å². The van der Waals surface area contributed by atoms with Crippen molar-refractivity contribution in [2.75, 3.05) is 13.7 Å². The van der Waals surface area contributed by atoms with Gasteiger partial charge in [0.25, 0.3) is 0 Å². The minimum Gasteiger partial charge on any atom is -0.497 e. The number of rotatable bonds is 2. The molecule has 0 saturated carbocycles. The molecule has 2 nitrogen and oxygen atoms in total. The van der Waals surface area contributed by atoms with E-state index < -0.39 is 0 Å². The van der Waals surface area contributed by atoms with E-state index in [1.165, 1.54) is 23.1 Å². The van der Waals surface area contributed by atoms with Crippen molar-refractivity contribution in [1.29, 1.82) is 0 Å². The molecule has 1 N–H and O–H groups in total. The first-order valence-electron chi connectivity index (χ1n) is 7.79. The SMILES string of the molecule is COc1ccc(-c2ccc3c(c2)C2NCCC3[C@@H]2C)cc1. The summed E-state index contributed by atoms with van der Waals surface area (Å²) in [6.07, 6.45) is 1.27. The summed E-state index contributed by atoms with van der Waals surface area (Å²) in [5, 5.41) is 3.69. The predicted molar refractivity (Wildman–Crippen MR) is 85.7 cm³/mol. The van der Waals surface area contributed by atoms with Crippen LogP contribution in [0.2, 0.25) is 0 Å². The second-order valence-corrected chi connectivity index (χ2v) is 6.26. The minimum absolute atomic E-state index is 0.539. The number of fused-ring (bicyclic) bond motifs is 5. The maximum Gasteiger partial charge on any atom is 0.118 e. The van der Waals surface area contributed by atoms with Gasteiger partial charge in [-0.15, -0.1) is 0 Å². The number of hydrogen-bond donors (Lipinski definition) is 1. The Labute approximate surface area is 126 Å². The van der Waals surface area contributed by atoms with E-state index in [4.69, 9.17) is 4.74 Å². The molecule has 1 aliphatic heterocycles. The fourth-order valence-electron chi connectivity index (χ4n) is 4.05. The largest absolute Gasteiger partial charge is 0.497 e. The molecule has 4 rings (SSSR count). The molecule has 2 bridgehead atoms. The van der Waals surface area contributed by atoms with Crippen LogP contribution in [0.25, 0.3) is 11.1 Å².